The maximum atomic E-state index is 2.57. The molecule has 0 heterocycles. The normalized spacial score (nSPS) is 13.5. The number of fused-ring (bicyclic) bond motifs is 2. The molecule has 2 aliphatic carbocycles. The van der Waals surface area contributed by atoms with Crippen molar-refractivity contribution in [3.63, 3.8) is 0 Å². The summed E-state index contributed by atoms with van der Waals surface area (Å²) in [5, 5.41) is 5.86. The standard InChI is InChI=1S/C43H45.2ClH.Zr/c1-28-23-33-26-36-38(32-21-15-16-22-32)29(2)41(43(6,7)8)39(40(36)35(33)27-37(28)42(3,4)5)34(24-30-17-11-9-12-18-30)25-31-19-13-10-14-20-31;;;/h9-21,23,27H,22,24-25H2,1-8H3;2*1H;/q;;;+2/p-2. The van der Waals surface area contributed by atoms with Crippen LogP contribution in [0.5, 0.6) is 0 Å². The van der Waals surface area contributed by atoms with Gasteiger partial charge in [0.1, 0.15) is 0 Å². The summed E-state index contributed by atoms with van der Waals surface area (Å²) in [4.78, 5) is 0. The second kappa shape index (κ2) is 14.0. The fourth-order valence-corrected chi connectivity index (χ4v) is 8.83. The number of hydrogen-bond donors (Lipinski definition) is 0. The third-order valence-corrected chi connectivity index (χ3v) is 10.7. The zero-order valence-electron chi connectivity index (χ0n) is 28.5. The van der Waals surface area contributed by atoms with Crippen molar-refractivity contribution in [3.05, 3.63) is 156 Å². The van der Waals surface area contributed by atoms with E-state index in [0.29, 0.717) is 0 Å². The molecule has 2 aliphatic rings. The van der Waals surface area contributed by atoms with Crippen LogP contribution in [0, 0.1) is 24.3 Å². The van der Waals surface area contributed by atoms with E-state index in [-0.39, 0.29) is 35.6 Å². The van der Waals surface area contributed by atoms with E-state index in [0.717, 1.165) is 19.3 Å². The van der Waals surface area contributed by atoms with Gasteiger partial charge in [-0.25, -0.2) is 0 Å². The van der Waals surface area contributed by atoms with Gasteiger partial charge in [-0.3, -0.25) is 0 Å². The van der Waals surface area contributed by atoms with Crippen LogP contribution in [0.25, 0.3) is 14.4 Å². The molecule has 46 heavy (non-hydrogen) atoms. The second-order valence-electron chi connectivity index (χ2n) is 14.8. The molecule has 0 nitrogen and oxygen atoms in total. The maximum absolute atomic E-state index is 2.57. The molecule has 0 N–H and O–H groups in total. The molecule has 0 spiro atoms. The smallest absolute Gasteiger partial charge is 1.00 e. The average Bonchev–Trinajstić information content (AvgIpc) is 3.59. The molecule has 0 aromatic heterocycles. The fourth-order valence-electron chi connectivity index (χ4n) is 7.71. The molecule has 235 valence electrons. The monoisotopic (exact) mass is 721 g/mol. The third-order valence-electron chi connectivity index (χ3n) is 9.43. The van der Waals surface area contributed by atoms with Gasteiger partial charge in [0.25, 0.3) is 0 Å². The van der Waals surface area contributed by atoms with Crippen molar-refractivity contribution in [1.82, 2.24) is 0 Å². The molecule has 6 rings (SSSR count). The Morgan fingerprint density at radius 1 is 0.717 bits per heavy atom. The van der Waals surface area contributed by atoms with Crippen LogP contribution in [0.2, 0.25) is 0 Å². The minimum absolute atomic E-state index is 0. The van der Waals surface area contributed by atoms with Crippen molar-refractivity contribution in [1.29, 1.82) is 0 Å². The minimum Gasteiger partial charge on any atom is -1.00 e. The van der Waals surface area contributed by atoms with Gasteiger partial charge >= 0.3 is 281 Å². The topological polar surface area (TPSA) is 0 Å². The van der Waals surface area contributed by atoms with Crippen LogP contribution in [0.1, 0.15) is 92.5 Å². The van der Waals surface area contributed by atoms with Gasteiger partial charge in [-0.2, -0.15) is 0 Å². The third kappa shape index (κ3) is 6.76. The SMILES string of the molecule is Cc1cc2c(cc1C(C)(C)C)=c1c(c(C3=CC=CC3)c(C)c(C(C)(C)C)c1=C(Cc1ccccc1)Cc1ccccc1)[C]=2[Zr+2].[Cl-].[Cl-]. The first-order valence-corrected chi connectivity index (χ1v) is 17.3. The van der Waals surface area contributed by atoms with Gasteiger partial charge in [-0.05, 0) is 0 Å². The van der Waals surface area contributed by atoms with E-state index in [1.807, 2.05) is 0 Å². The fraction of sp³-hybridized carbons (Fsp3) is 0.302. The molecule has 0 unspecified atom stereocenters. The Labute approximate surface area is 303 Å². The molecule has 4 aromatic rings. The van der Waals surface area contributed by atoms with Crippen molar-refractivity contribution in [2.75, 3.05) is 0 Å². The Balaban J connectivity index is 0.00000240. The van der Waals surface area contributed by atoms with Gasteiger partial charge in [0.15, 0.2) is 0 Å². The molecular weight excluding hydrogens is 679 g/mol. The Hall–Kier alpha value is -2.44. The van der Waals surface area contributed by atoms with E-state index in [4.69, 9.17) is 0 Å². The van der Waals surface area contributed by atoms with E-state index < -0.39 is 0 Å². The molecule has 0 atom stereocenters. The van der Waals surface area contributed by atoms with Gasteiger partial charge in [0.2, 0.25) is 0 Å². The van der Waals surface area contributed by atoms with Gasteiger partial charge in [0, 0.05) is 0 Å². The molecule has 0 saturated heterocycles. The summed E-state index contributed by atoms with van der Waals surface area (Å²) < 4.78 is 1.51. The summed E-state index contributed by atoms with van der Waals surface area (Å²) in [5.74, 6) is 0. The van der Waals surface area contributed by atoms with Crippen LogP contribution in [-0.2, 0) is 48.4 Å². The van der Waals surface area contributed by atoms with Crippen molar-refractivity contribution >= 4 is 14.4 Å². The van der Waals surface area contributed by atoms with Crippen LogP contribution in [0.4, 0.5) is 0 Å². The number of benzene rings is 4. The van der Waals surface area contributed by atoms with Crippen LogP contribution in [-0.4, -0.2) is 0 Å². The number of halogens is 2. The Kier molecular flexibility index (Phi) is 11.0. The molecule has 0 bridgehead atoms. The summed E-state index contributed by atoms with van der Waals surface area (Å²) >= 11 is 1.49. The molecule has 4 aromatic carbocycles. The van der Waals surface area contributed by atoms with Gasteiger partial charge in [-0.15, -0.1) is 0 Å². The Bertz CT molecular complexity index is 2010. The van der Waals surface area contributed by atoms with Gasteiger partial charge < -0.3 is 24.8 Å². The Morgan fingerprint density at radius 3 is 1.76 bits per heavy atom. The summed E-state index contributed by atoms with van der Waals surface area (Å²) in [6.45, 7) is 19.1. The van der Waals surface area contributed by atoms with Crippen molar-refractivity contribution < 1.29 is 49.5 Å². The molecule has 0 aliphatic heterocycles. The summed E-state index contributed by atoms with van der Waals surface area (Å²) in [6.07, 6.45) is 9.82. The summed E-state index contributed by atoms with van der Waals surface area (Å²) in [7, 11) is 0. The summed E-state index contributed by atoms with van der Waals surface area (Å²) in [6, 6.07) is 27.3. The molecule has 0 fully saturated rings. The maximum Gasteiger partial charge on any atom is -1.00 e. The molecule has 0 radical (unpaired) electrons. The van der Waals surface area contributed by atoms with E-state index in [9.17, 15) is 0 Å². The van der Waals surface area contributed by atoms with Gasteiger partial charge in [-0.1, -0.05) is 0 Å². The van der Waals surface area contributed by atoms with Crippen molar-refractivity contribution in [2.24, 2.45) is 0 Å². The largest absolute Gasteiger partial charge is 1.00 e. The number of allylic oxidation sites excluding steroid dienone is 4. The number of hydrogen-bond acceptors (Lipinski definition) is 0. The minimum atomic E-state index is -0.0317. The Morgan fingerprint density at radius 2 is 1.28 bits per heavy atom. The quantitative estimate of drug-likeness (QED) is 0.297. The molecule has 0 amide bonds. The average molecular weight is 724 g/mol. The zero-order chi connectivity index (χ0) is 31.4. The molecular formula is C43H45Cl2Zr. The van der Waals surface area contributed by atoms with E-state index in [1.165, 1.54) is 105 Å². The predicted octanol–water partition coefficient (Wildman–Crippen LogP) is 3.19. The van der Waals surface area contributed by atoms with E-state index in [2.05, 4.69) is 146 Å². The van der Waals surface area contributed by atoms with Crippen LogP contribution < -0.4 is 35.3 Å². The first-order valence-electron chi connectivity index (χ1n) is 16.1. The number of aryl methyl sites for hydroxylation is 1. The van der Waals surface area contributed by atoms with Crippen molar-refractivity contribution in [2.45, 2.75) is 85.5 Å². The predicted molar refractivity (Wildman–Crippen MR) is 185 cm³/mol. The number of rotatable bonds is 5. The van der Waals surface area contributed by atoms with Crippen LogP contribution >= 0.6 is 0 Å². The first kappa shape index (κ1) is 36.4. The molecule has 0 saturated carbocycles. The second-order valence-corrected chi connectivity index (χ2v) is 16.1. The van der Waals surface area contributed by atoms with Gasteiger partial charge in [0.05, 0.1) is 0 Å². The van der Waals surface area contributed by atoms with E-state index >= 15 is 0 Å². The summed E-state index contributed by atoms with van der Waals surface area (Å²) in [5.41, 5.74) is 14.6. The van der Waals surface area contributed by atoms with Crippen LogP contribution in [0.15, 0.2) is 91.0 Å². The zero-order valence-corrected chi connectivity index (χ0v) is 32.5. The van der Waals surface area contributed by atoms with Crippen molar-refractivity contribution in [3.8, 4) is 0 Å². The first-order chi connectivity index (χ1) is 20.9. The molecule has 3 heteroatoms. The van der Waals surface area contributed by atoms with E-state index in [1.54, 1.807) is 0 Å². The van der Waals surface area contributed by atoms with Crippen LogP contribution in [0.3, 0.4) is 0 Å².